The predicted molar refractivity (Wildman–Crippen MR) is 102 cm³/mol. The Morgan fingerprint density at radius 2 is 2.04 bits per heavy atom. The molecule has 3 heterocycles. The van der Waals surface area contributed by atoms with Gasteiger partial charge in [0.25, 0.3) is 0 Å². The molecule has 0 saturated heterocycles. The lowest BCUT2D eigenvalue weighted by atomic mass is 10.1. The highest BCUT2D eigenvalue weighted by molar-refractivity contribution is 6.28. The summed E-state index contributed by atoms with van der Waals surface area (Å²) in [7, 11) is 0. The summed E-state index contributed by atoms with van der Waals surface area (Å²) in [6, 6.07) is 15.2. The van der Waals surface area contributed by atoms with Gasteiger partial charge in [-0.15, -0.1) is 0 Å². The SMILES string of the molecule is N#Cc1cccc(Cn2cc(-c3ccnc(Cl)n3)c(-c3cccnc3)n2)c1. The molecule has 0 bridgehead atoms. The Hall–Kier alpha value is -3.56. The van der Waals surface area contributed by atoms with E-state index in [9.17, 15) is 0 Å². The summed E-state index contributed by atoms with van der Waals surface area (Å²) in [5.74, 6) is 0. The highest BCUT2D eigenvalue weighted by atomic mass is 35.5. The first-order valence-electron chi connectivity index (χ1n) is 8.19. The fraction of sp³-hybridized carbons (Fsp3) is 0.0500. The highest BCUT2D eigenvalue weighted by Gasteiger charge is 2.15. The monoisotopic (exact) mass is 372 g/mol. The molecule has 1 aromatic carbocycles. The van der Waals surface area contributed by atoms with E-state index in [0.717, 1.165) is 22.4 Å². The molecule has 0 atom stereocenters. The highest BCUT2D eigenvalue weighted by Crippen LogP contribution is 2.30. The van der Waals surface area contributed by atoms with Crippen LogP contribution in [-0.2, 0) is 6.54 Å². The normalized spacial score (nSPS) is 10.5. The summed E-state index contributed by atoms with van der Waals surface area (Å²) < 4.78 is 1.82. The third-order valence-electron chi connectivity index (χ3n) is 4.00. The van der Waals surface area contributed by atoms with Gasteiger partial charge in [0.15, 0.2) is 0 Å². The van der Waals surface area contributed by atoms with E-state index >= 15 is 0 Å². The quantitative estimate of drug-likeness (QED) is 0.506. The first-order valence-corrected chi connectivity index (χ1v) is 8.56. The predicted octanol–water partition coefficient (Wildman–Crippen LogP) is 3.98. The number of pyridine rings is 1. The Balaban J connectivity index is 1.79. The van der Waals surface area contributed by atoms with Crippen molar-refractivity contribution in [3.63, 3.8) is 0 Å². The Labute approximate surface area is 160 Å². The van der Waals surface area contributed by atoms with Gasteiger partial charge in [-0.2, -0.15) is 10.4 Å². The minimum atomic E-state index is 0.180. The molecule has 0 aliphatic heterocycles. The fourth-order valence-corrected chi connectivity index (χ4v) is 2.96. The minimum Gasteiger partial charge on any atom is -0.267 e. The Kier molecular flexibility index (Phi) is 4.60. The molecule has 0 radical (unpaired) electrons. The van der Waals surface area contributed by atoms with Gasteiger partial charge in [0.05, 0.1) is 23.9 Å². The van der Waals surface area contributed by atoms with Crippen LogP contribution in [0.2, 0.25) is 5.28 Å². The van der Waals surface area contributed by atoms with Gasteiger partial charge in [-0.05, 0) is 47.5 Å². The van der Waals surface area contributed by atoms with Crippen LogP contribution in [0.1, 0.15) is 11.1 Å². The van der Waals surface area contributed by atoms with Crippen LogP contribution in [0, 0.1) is 11.3 Å². The average Bonchev–Trinajstić information content (AvgIpc) is 3.12. The van der Waals surface area contributed by atoms with Crippen molar-refractivity contribution in [1.29, 1.82) is 5.26 Å². The summed E-state index contributed by atoms with van der Waals surface area (Å²) in [4.78, 5) is 12.4. The molecule has 0 saturated carbocycles. The van der Waals surface area contributed by atoms with E-state index in [1.54, 1.807) is 30.7 Å². The van der Waals surface area contributed by atoms with Crippen molar-refractivity contribution < 1.29 is 0 Å². The van der Waals surface area contributed by atoms with E-state index in [2.05, 4.69) is 21.0 Å². The molecule has 27 heavy (non-hydrogen) atoms. The summed E-state index contributed by atoms with van der Waals surface area (Å²) in [5.41, 5.74) is 4.77. The van der Waals surface area contributed by atoms with Gasteiger partial charge >= 0.3 is 0 Å². The summed E-state index contributed by atoms with van der Waals surface area (Å²) in [6.07, 6.45) is 7.01. The van der Waals surface area contributed by atoms with E-state index in [0.29, 0.717) is 17.8 Å². The molecule has 3 aromatic heterocycles. The number of aromatic nitrogens is 5. The molecule has 0 N–H and O–H groups in total. The smallest absolute Gasteiger partial charge is 0.222 e. The second-order valence-electron chi connectivity index (χ2n) is 5.85. The number of halogens is 1. The fourth-order valence-electron chi connectivity index (χ4n) is 2.82. The van der Waals surface area contributed by atoms with Crippen molar-refractivity contribution in [2.24, 2.45) is 0 Å². The van der Waals surface area contributed by atoms with Crippen molar-refractivity contribution in [3.8, 4) is 28.6 Å². The maximum Gasteiger partial charge on any atom is 0.222 e. The van der Waals surface area contributed by atoms with Crippen LogP contribution in [0.25, 0.3) is 22.5 Å². The van der Waals surface area contributed by atoms with Gasteiger partial charge in [-0.3, -0.25) is 9.67 Å². The second-order valence-corrected chi connectivity index (χ2v) is 6.19. The van der Waals surface area contributed by atoms with Crippen LogP contribution in [0.5, 0.6) is 0 Å². The Morgan fingerprint density at radius 3 is 2.81 bits per heavy atom. The van der Waals surface area contributed by atoms with Gasteiger partial charge in [-0.25, -0.2) is 9.97 Å². The molecule has 130 valence electrons. The lowest BCUT2D eigenvalue weighted by Gasteiger charge is -2.02. The van der Waals surface area contributed by atoms with Crippen molar-refractivity contribution in [1.82, 2.24) is 24.7 Å². The topological polar surface area (TPSA) is 80.3 Å². The van der Waals surface area contributed by atoms with Crippen molar-refractivity contribution >= 4 is 11.6 Å². The van der Waals surface area contributed by atoms with E-state index in [1.165, 1.54) is 0 Å². The van der Waals surface area contributed by atoms with Crippen molar-refractivity contribution in [2.45, 2.75) is 6.54 Å². The van der Waals surface area contributed by atoms with E-state index in [1.807, 2.05) is 41.2 Å². The molecular weight excluding hydrogens is 360 g/mol. The molecule has 0 spiro atoms. The lowest BCUT2D eigenvalue weighted by molar-refractivity contribution is 0.689. The molecule has 0 aliphatic rings. The van der Waals surface area contributed by atoms with Crippen LogP contribution < -0.4 is 0 Å². The summed E-state index contributed by atoms with van der Waals surface area (Å²) in [5, 5.41) is 14.0. The lowest BCUT2D eigenvalue weighted by Crippen LogP contribution is -2.00. The second kappa shape index (κ2) is 7.36. The zero-order valence-corrected chi connectivity index (χ0v) is 14.9. The van der Waals surface area contributed by atoms with Gasteiger partial charge in [0, 0.05) is 35.9 Å². The molecule has 4 aromatic rings. The van der Waals surface area contributed by atoms with Gasteiger partial charge < -0.3 is 0 Å². The third-order valence-corrected chi connectivity index (χ3v) is 4.18. The van der Waals surface area contributed by atoms with Gasteiger partial charge in [0.2, 0.25) is 5.28 Å². The summed E-state index contributed by atoms with van der Waals surface area (Å²) in [6.45, 7) is 0.529. The van der Waals surface area contributed by atoms with Crippen LogP contribution >= 0.6 is 11.6 Å². The number of nitrogens with zero attached hydrogens (tertiary/aromatic N) is 6. The molecule has 4 rings (SSSR count). The maximum atomic E-state index is 9.09. The standard InChI is InChI=1S/C20H13ClN6/c21-20-24-8-6-18(25-20)17-13-27(12-15-4-1-3-14(9-15)10-22)26-19(17)16-5-2-7-23-11-16/h1-9,11,13H,12H2. The first-order chi connectivity index (χ1) is 13.2. The zero-order chi connectivity index (χ0) is 18.6. The number of nitriles is 1. The average molecular weight is 373 g/mol. The maximum absolute atomic E-state index is 9.09. The van der Waals surface area contributed by atoms with Crippen LogP contribution in [-0.4, -0.2) is 24.7 Å². The third kappa shape index (κ3) is 3.68. The van der Waals surface area contributed by atoms with Crippen LogP contribution in [0.4, 0.5) is 0 Å². The van der Waals surface area contributed by atoms with Crippen LogP contribution in [0.3, 0.4) is 0 Å². The molecule has 0 aliphatic carbocycles. The van der Waals surface area contributed by atoms with E-state index < -0.39 is 0 Å². The van der Waals surface area contributed by atoms with Crippen LogP contribution in [0.15, 0.2) is 67.3 Å². The molecular formula is C20H13ClN6. The van der Waals surface area contributed by atoms with Gasteiger partial charge in [0.1, 0.15) is 5.69 Å². The zero-order valence-electron chi connectivity index (χ0n) is 14.1. The number of hydrogen-bond donors (Lipinski definition) is 0. The Morgan fingerprint density at radius 1 is 1.11 bits per heavy atom. The van der Waals surface area contributed by atoms with Crippen molar-refractivity contribution in [2.75, 3.05) is 0 Å². The Bertz CT molecular complexity index is 1130. The van der Waals surface area contributed by atoms with E-state index in [-0.39, 0.29) is 5.28 Å². The summed E-state index contributed by atoms with van der Waals surface area (Å²) >= 11 is 5.97. The first kappa shape index (κ1) is 16.9. The molecule has 0 amide bonds. The molecule has 0 fully saturated rings. The minimum absolute atomic E-state index is 0.180. The number of rotatable bonds is 4. The molecule has 0 unspecified atom stereocenters. The number of hydrogen-bond acceptors (Lipinski definition) is 5. The largest absolute Gasteiger partial charge is 0.267 e. The van der Waals surface area contributed by atoms with E-state index in [4.69, 9.17) is 22.0 Å². The molecule has 7 heteroatoms. The molecule has 6 nitrogen and oxygen atoms in total. The van der Waals surface area contributed by atoms with Gasteiger partial charge in [-0.1, -0.05) is 12.1 Å². The van der Waals surface area contributed by atoms with Crippen molar-refractivity contribution in [3.05, 3.63) is 83.7 Å². The number of benzene rings is 1.